The lowest BCUT2D eigenvalue weighted by Crippen LogP contribution is -2.52. The fraction of sp³-hybridized carbons (Fsp3) is 0.562. The number of carbonyl (C=O) groups excluding carboxylic acids is 1. The van der Waals surface area contributed by atoms with E-state index in [2.05, 4.69) is 20.7 Å². The number of hydrogen-bond donors (Lipinski definition) is 1. The molecule has 1 aromatic carbocycles. The molecular formula is C16H20BrFN2O4S. The molecular weight excluding hydrogens is 415 g/mol. The lowest BCUT2D eigenvalue weighted by atomic mass is 9.99. The summed E-state index contributed by atoms with van der Waals surface area (Å²) < 4.78 is 45.9. The summed E-state index contributed by atoms with van der Waals surface area (Å²) in [6.45, 7) is 0.979. The van der Waals surface area contributed by atoms with E-state index in [1.165, 1.54) is 0 Å². The molecule has 25 heavy (non-hydrogen) atoms. The zero-order valence-electron chi connectivity index (χ0n) is 13.7. The minimum atomic E-state index is -3.43. The summed E-state index contributed by atoms with van der Waals surface area (Å²) >= 11 is 3.16. The fourth-order valence-electron chi connectivity index (χ4n) is 3.34. The molecule has 0 aromatic heterocycles. The summed E-state index contributed by atoms with van der Waals surface area (Å²) in [5.41, 5.74) is 0.439. The van der Waals surface area contributed by atoms with Crippen molar-refractivity contribution in [3.63, 3.8) is 0 Å². The molecule has 2 heterocycles. The van der Waals surface area contributed by atoms with Crippen molar-refractivity contribution in [3.8, 4) is 0 Å². The summed E-state index contributed by atoms with van der Waals surface area (Å²) in [6.07, 6.45) is 2.01. The van der Waals surface area contributed by atoms with Crippen LogP contribution in [0, 0.1) is 5.82 Å². The molecule has 3 rings (SSSR count). The number of rotatable bonds is 5. The van der Waals surface area contributed by atoms with Crippen LogP contribution in [0.4, 0.5) is 4.39 Å². The normalized spacial score (nSPS) is 26.5. The lowest BCUT2D eigenvalue weighted by Gasteiger charge is -2.34. The average Bonchev–Trinajstić information content (AvgIpc) is 2.83. The Kier molecular flexibility index (Phi) is 5.48. The third-order valence-electron chi connectivity index (χ3n) is 4.63. The van der Waals surface area contributed by atoms with Crippen LogP contribution in [0.3, 0.4) is 0 Å². The molecule has 2 saturated heterocycles. The Bertz CT molecular complexity index is 769. The van der Waals surface area contributed by atoms with Gasteiger partial charge in [0.15, 0.2) is 0 Å². The highest BCUT2D eigenvalue weighted by Crippen LogP contribution is 2.28. The number of likely N-dealkylation sites (tertiary alicyclic amines) is 1. The van der Waals surface area contributed by atoms with Crippen molar-refractivity contribution >= 4 is 31.9 Å². The maximum atomic E-state index is 14.4. The maximum absolute atomic E-state index is 14.4. The summed E-state index contributed by atoms with van der Waals surface area (Å²) in [7, 11) is -3.43. The Morgan fingerprint density at radius 3 is 2.76 bits per heavy atom. The van der Waals surface area contributed by atoms with Gasteiger partial charge in [0.2, 0.25) is 10.0 Å². The molecule has 0 aliphatic carbocycles. The molecule has 0 radical (unpaired) electrons. The zero-order chi connectivity index (χ0) is 18.2. The highest BCUT2D eigenvalue weighted by molar-refractivity contribution is 9.10. The van der Waals surface area contributed by atoms with Crippen molar-refractivity contribution in [2.24, 2.45) is 0 Å². The summed E-state index contributed by atoms with van der Waals surface area (Å²) in [6, 6.07) is 4.08. The number of ether oxygens (including phenoxy) is 1. The Labute approximate surface area is 154 Å². The molecule has 2 aliphatic heterocycles. The molecule has 2 fully saturated rings. The SMILES string of the molecule is CS(=O)(=O)N[C@H]1CCN(C(=O)[C@H]2CCO2)[C@H]1Cc1cccc(Br)c1F. The Morgan fingerprint density at radius 1 is 1.44 bits per heavy atom. The first-order chi connectivity index (χ1) is 11.8. The van der Waals surface area contributed by atoms with Crippen molar-refractivity contribution < 1.29 is 22.3 Å². The van der Waals surface area contributed by atoms with Crippen LogP contribution in [0.15, 0.2) is 22.7 Å². The summed E-state index contributed by atoms with van der Waals surface area (Å²) in [5.74, 6) is -0.538. The Hall–Kier alpha value is -1.03. The van der Waals surface area contributed by atoms with E-state index in [0.29, 0.717) is 36.0 Å². The molecule has 0 bridgehead atoms. The van der Waals surface area contributed by atoms with Gasteiger partial charge in [0.25, 0.3) is 5.91 Å². The van der Waals surface area contributed by atoms with Gasteiger partial charge in [-0.15, -0.1) is 0 Å². The average molecular weight is 435 g/mol. The number of halogens is 2. The number of carbonyl (C=O) groups is 1. The van der Waals surface area contributed by atoms with Crippen LogP contribution in [-0.4, -0.2) is 56.8 Å². The van der Waals surface area contributed by atoms with E-state index >= 15 is 0 Å². The van der Waals surface area contributed by atoms with Crippen molar-refractivity contribution in [2.75, 3.05) is 19.4 Å². The van der Waals surface area contributed by atoms with Crippen molar-refractivity contribution in [3.05, 3.63) is 34.1 Å². The van der Waals surface area contributed by atoms with Gasteiger partial charge >= 0.3 is 0 Å². The van der Waals surface area contributed by atoms with Gasteiger partial charge in [-0.1, -0.05) is 12.1 Å². The molecule has 0 saturated carbocycles. The van der Waals surface area contributed by atoms with Crippen LogP contribution >= 0.6 is 15.9 Å². The first-order valence-corrected chi connectivity index (χ1v) is 10.8. The molecule has 3 atom stereocenters. The van der Waals surface area contributed by atoms with E-state index < -0.39 is 28.2 Å². The van der Waals surface area contributed by atoms with Gasteiger partial charge in [0.1, 0.15) is 11.9 Å². The molecule has 2 aliphatic rings. The number of sulfonamides is 1. The van der Waals surface area contributed by atoms with Crippen molar-refractivity contribution in [2.45, 2.75) is 37.5 Å². The number of nitrogens with zero attached hydrogens (tertiary/aromatic N) is 1. The van der Waals surface area contributed by atoms with Gasteiger partial charge in [-0.25, -0.2) is 17.5 Å². The second-order valence-electron chi connectivity index (χ2n) is 6.45. The van der Waals surface area contributed by atoms with Crippen LogP contribution in [0.2, 0.25) is 0 Å². The lowest BCUT2D eigenvalue weighted by molar-refractivity contribution is -0.157. The third-order valence-corrected chi connectivity index (χ3v) is 5.97. The predicted molar refractivity (Wildman–Crippen MR) is 94.0 cm³/mol. The smallest absolute Gasteiger partial charge is 0.252 e. The van der Waals surface area contributed by atoms with Crippen LogP contribution in [0.25, 0.3) is 0 Å². The number of amides is 1. The Morgan fingerprint density at radius 2 is 2.16 bits per heavy atom. The van der Waals surface area contributed by atoms with Crippen molar-refractivity contribution in [1.82, 2.24) is 9.62 Å². The van der Waals surface area contributed by atoms with E-state index in [4.69, 9.17) is 4.74 Å². The fourth-order valence-corrected chi connectivity index (χ4v) is 4.57. The van der Waals surface area contributed by atoms with Gasteiger partial charge < -0.3 is 9.64 Å². The monoisotopic (exact) mass is 434 g/mol. The minimum absolute atomic E-state index is 0.149. The molecule has 9 heteroatoms. The Balaban J connectivity index is 1.85. The number of nitrogens with one attached hydrogen (secondary N) is 1. The van der Waals surface area contributed by atoms with Crippen LogP contribution in [0.5, 0.6) is 0 Å². The van der Waals surface area contributed by atoms with E-state index in [-0.39, 0.29) is 18.1 Å². The van der Waals surface area contributed by atoms with Gasteiger partial charge in [-0.2, -0.15) is 0 Å². The van der Waals surface area contributed by atoms with E-state index in [0.717, 1.165) is 6.26 Å². The molecule has 138 valence electrons. The topological polar surface area (TPSA) is 75.7 Å². The molecule has 0 spiro atoms. The first-order valence-electron chi connectivity index (χ1n) is 8.08. The highest BCUT2D eigenvalue weighted by Gasteiger charge is 2.42. The molecule has 0 unspecified atom stereocenters. The molecule has 1 aromatic rings. The molecule has 1 N–H and O–H groups in total. The second-order valence-corrected chi connectivity index (χ2v) is 9.08. The standard InChI is InChI=1S/C16H20BrFN2O4S/c1-25(22,23)19-12-5-7-20(16(21)14-6-8-24-14)13(12)9-10-3-2-4-11(17)15(10)18/h2-4,12-14,19H,5-9H2,1H3/t12-,13-,14+/m0/s1. The van der Waals surface area contributed by atoms with Gasteiger partial charge in [-0.3, -0.25) is 4.79 Å². The van der Waals surface area contributed by atoms with Gasteiger partial charge in [-0.05, 0) is 40.4 Å². The van der Waals surface area contributed by atoms with Crippen LogP contribution in [0.1, 0.15) is 18.4 Å². The zero-order valence-corrected chi connectivity index (χ0v) is 16.1. The summed E-state index contributed by atoms with van der Waals surface area (Å²) in [4.78, 5) is 14.2. The van der Waals surface area contributed by atoms with Crippen molar-refractivity contribution in [1.29, 1.82) is 0 Å². The van der Waals surface area contributed by atoms with Gasteiger partial charge in [0, 0.05) is 19.0 Å². The largest absolute Gasteiger partial charge is 0.368 e. The number of hydrogen-bond acceptors (Lipinski definition) is 4. The third kappa shape index (κ3) is 4.21. The molecule has 6 nitrogen and oxygen atoms in total. The van der Waals surface area contributed by atoms with E-state index in [1.807, 2.05) is 0 Å². The van der Waals surface area contributed by atoms with E-state index in [9.17, 15) is 17.6 Å². The highest BCUT2D eigenvalue weighted by atomic mass is 79.9. The second kappa shape index (κ2) is 7.30. The maximum Gasteiger partial charge on any atom is 0.252 e. The minimum Gasteiger partial charge on any atom is -0.368 e. The van der Waals surface area contributed by atoms with Gasteiger partial charge in [0.05, 0.1) is 23.4 Å². The molecule has 1 amide bonds. The van der Waals surface area contributed by atoms with Crippen LogP contribution in [-0.2, 0) is 26.0 Å². The first kappa shape index (κ1) is 18.8. The van der Waals surface area contributed by atoms with Crippen LogP contribution < -0.4 is 4.72 Å². The predicted octanol–water partition coefficient (Wildman–Crippen LogP) is 1.44. The van der Waals surface area contributed by atoms with E-state index in [1.54, 1.807) is 23.1 Å². The summed E-state index contributed by atoms with van der Waals surface area (Å²) in [5, 5.41) is 0. The number of benzene rings is 1. The quantitative estimate of drug-likeness (QED) is 0.760.